The second-order valence-corrected chi connectivity index (χ2v) is 23.9. The van der Waals surface area contributed by atoms with Gasteiger partial charge in [-0.1, -0.05) is 180 Å². The molecule has 4 heteroatoms. The molecule has 2 aliphatic carbocycles. The smallest absolute Gasteiger partial charge is 0.204 e. The predicted octanol–water partition coefficient (Wildman–Crippen LogP) is 12.4. The van der Waals surface area contributed by atoms with Gasteiger partial charge in [-0.3, -0.25) is 0 Å². The SMILES string of the molecule is CC(C)(C)c1cc(P(c2cc(C(C)(C)C)cc(C(C)(C)C)c2)c2cccc3c2[C@]2(CCc4cccc(NCC5=NC[C@H](c6ccccc6)O5)c42)CC3)cc(C(C)(C)C)c1. The topological polar surface area (TPSA) is 33.6 Å². The summed E-state index contributed by atoms with van der Waals surface area (Å²) >= 11 is 0. The molecule has 1 N–H and O–H groups in total. The number of benzene rings is 5. The van der Waals surface area contributed by atoms with Crippen LogP contribution in [-0.2, 0) is 44.7 Å². The summed E-state index contributed by atoms with van der Waals surface area (Å²) in [5.74, 6) is 0.793. The summed E-state index contributed by atoms with van der Waals surface area (Å²) in [7, 11) is -0.945. The van der Waals surface area contributed by atoms with Crippen molar-refractivity contribution in [1.82, 2.24) is 0 Å². The minimum atomic E-state index is -0.945. The second-order valence-electron chi connectivity index (χ2n) is 21.7. The van der Waals surface area contributed by atoms with E-state index in [-0.39, 0.29) is 33.2 Å². The molecule has 1 heterocycles. The maximum Gasteiger partial charge on any atom is 0.204 e. The predicted molar refractivity (Wildman–Crippen MR) is 255 cm³/mol. The number of nitrogens with zero attached hydrogens (tertiary/aromatic N) is 1. The number of nitrogens with one attached hydrogen (secondary N) is 1. The van der Waals surface area contributed by atoms with E-state index in [1.54, 1.807) is 5.56 Å². The molecule has 1 aliphatic heterocycles. The highest BCUT2D eigenvalue weighted by Crippen LogP contribution is 2.56. The average Bonchev–Trinajstić information content (AvgIpc) is 3.91. The molecule has 0 amide bonds. The van der Waals surface area contributed by atoms with E-state index in [0.29, 0.717) is 13.1 Å². The Morgan fingerprint density at radius 3 is 1.59 bits per heavy atom. The molecule has 5 aromatic rings. The number of ether oxygens (including phenoxy) is 1. The molecular weight excluding hydrogens is 736 g/mol. The lowest BCUT2D eigenvalue weighted by Crippen LogP contribution is -2.34. The summed E-state index contributed by atoms with van der Waals surface area (Å²) in [4.78, 5) is 4.86. The summed E-state index contributed by atoms with van der Waals surface area (Å²) in [5, 5.41) is 8.36. The van der Waals surface area contributed by atoms with Crippen molar-refractivity contribution in [1.29, 1.82) is 0 Å². The van der Waals surface area contributed by atoms with Gasteiger partial charge in [-0.2, -0.15) is 0 Å². The molecule has 0 aromatic heterocycles. The molecule has 59 heavy (non-hydrogen) atoms. The van der Waals surface area contributed by atoms with Gasteiger partial charge in [0, 0.05) is 11.1 Å². The van der Waals surface area contributed by atoms with Crippen LogP contribution >= 0.6 is 7.92 Å². The summed E-state index contributed by atoms with van der Waals surface area (Å²) in [6, 6.07) is 40.1. The van der Waals surface area contributed by atoms with Gasteiger partial charge in [-0.05, 0) is 127 Å². The van der Waals surface area contributed by atoms with E-state index in [4.69, 9.17) is 9.73 Å². The highest BCUT2D eigenvalue weighted by Gasteiger charge is 2.48. The number of hydrogen-bond acceptors (Lipinski definition) is 3. The zero-order valence-corrected chi connectivity index (χ0v) is 38.8. The molecule has 0 radical (unpaired) electrons. The largest absolute Gasteiger partial charge is 0.470 e. The summed E-state index contributed by atoms with van der Waals surface area (Å²) in [6.07, 6.45) is 4.43. The lowest BCUT2D eigenvalue weighted by atomic mass is 9.76. The van der Waals surface area contributed by atoms with Crippen molar-refractivity contribution in [2.45, 2.75) is 142 Å². The molecule has 0 saturated heterocycles. The van der Waals surface area contributed by atoms with Gasteiger partial charge in [0.15, 0.2) is 0 Å². The zero-order valence-electron chi connectivity index (χ0n) is 37.9. The zero-order chi connectivity index (χ0) is 42.1. The molecule has 2 atom stereocenters. The minimum Gasteiger partial charge on any atom is -0.470 e. The Balaban J connectivity index is 1.30. The van der Waals surface area contributed by atoms with Gasteiger partial charge in [0.05, 0.1) is 13.1 Å². The number of rotatable bonds is 7. The highest BCUT2D eigenvalue weighted by molar-refractivity contribution is 7.80. The monoisotopic (exact) mass is 802 g/mol. The summed E-state index contributed by atoms with van der Waals surface area (Å²) < 4.78 is 6.43. The quantitative estimate of drug-likeness (QED) is 0.166. The Bertz CT molecular complexity index is 2250. The Labute approximate surface area is 357 Å². The van der Waals surface area contributed by atoms with Crippen LogP contribution in [0.4, 0.5) is 5.69 Å². The van der Waals surface area contributed by atoms with Crippen LogP contribution in [0.3, 0.4) is 0 Å². The molecule has 5 aromatic carbocycles. The molecule has 3 aliphatic rings. The highest BCUT2D eigenvalue weighted by atomic mass is 31.1. The van der Waals surface area contributed by atoms with Crippen LogP contribution in [0.1, 0.15) is 152 Å². The Morgan fingerprint density at radius 1 is 0.593 bits per heavy atom. The van der Waals surface area contributed by atoms with E-state index in [0.717, 1.165) is 31.6 Å². The van der Waals surface area contributed by atoms with Crippen molar-refractivity contribution in [2.75, 3.05) is 18.4 Å². The third-order valence-corrected chi connectivity index (χ3v) is 15.7. The van der Waals surface area contributed by atoms with Crippen LogP contribution in [0.2, 0.25) is 0 Å². The number of hydrogen-bond donors (Lipinski definition) is 1. The van der Waals surface area contributed by atoms with Gasteiger partial charge in [0.25, 0.3) is 0 Å². The molecule has 308 valence electrons. The fraction of sp³-hybridized carbons (Fsp3) is 0.436. The second kappa shape index (κ2) is 15.1. The first-order valence-corrected chi connectivity index (χ1v) is 23.4. The van der Waals surface area contributed by atoms with Crippen LogP contribution in [0.15, 0.2) is 108 Å². The van der Waals surface area contributed by atoms with Crippen molar-refractivity contribution in [3.63, 3.8) is 0 Å². The van der Waals surface area contributed by atoms with Gasteiger partial charge < -0.3 is 10.1 Å². The standard InChI is InChI=1S/C55H67N2OP/c1-51(2,3)39-28-40(52(4,5)6)31-43(30-39)59(44-32-41(53(7,8)9)29-42(33-44)54(10,11)12)47-23-17-21-38-25-27-55(50(38)47)26-24-37-20-16-22-45(49(37)55)56-35-48-57-34-46(58-48)36-18-14-13-15-19-36/h13-23,28-33,46,56H,24-27,34-35H2,1-12H3/t46-,55-/m1/s1. The number of aliphatic imine (C=N–C) groups is 1. The average molecular weight is 803 g/mol. The third kappa shape index (κ3) is 8.06. The Morgan fingerprint density at radius 2 is 1.08 bits per heavy atom. The molecule has 0 fully saturated rings. The van der Waals surface area contributed by atoms with Gasteiger partial charge in [-0.25, -0.2) is 4.99 Å². The lowest BCUT2D eigenvalue weighted by Gasteiger charge is -2.35. The van der Waals surface area contributed by atoms with Gasteiger partial charge >= 0.3 is 0 Å². The van der Waals surface area contributed by atoms with E-state index in [2.05, 4.69) is 192 Å². The van der Waals surface area contributed by atoms with E-state index in [9.17, 15) is 0 Å². The van der Waals surface area contributed by atoms with Crippen molar-refractivity contribution in [2.24, 2.45) is 4.99 Å². The summed E-state index contributed by atoms with van der Waals surface area (Å²) in [6.45, 7) is 29.8. The van der Waals surface area contributed by atoms with Crippen molar-refractivity contribution in [3.8, 4) is 0 Å². The first kappa shape index (κ1) is 41.5. The molecule has 8 rings (SSSR count). The van der Waals surface area contributed by atoms with E-state index >= 15 is 0 Å². The Kier molecular flexibility index (Phi) is 10.6. The molecule has 1 spiro atoms. The van der Waals surface area contributed by atoms with Crippen molar-refractivity contribution >= 4 is 35.4 Å². The van der Waals surface area contributed by atoms with Crippen LogP contribution in [0.5, 0.6) is 0 Å². The van der Waals surface area contributed by atoms with Crippen molar-refractivity contribution in [3.05, 3.63) is 153 Å². The summed E-state index contributed by atoms with van der Waals surface area (Å²) in [5.41, 5.74) is 14.2. The number of fused-ring (bicyclic) bond motifs is 4. The maximum atomic E-state index is 6.43. The van der Waals surface area contributed by atoms with Crippen LogP contribution in [0, 0.1) is 0 Å². The molecule has 0 saturated carbocycles. The number of anilines is 1. The maximum absolute atomic E-state index is 6.43. The van der Waals surface area contributed by atoms with Crippen LogP contribution < -0.4 is 21.2 Å². The van der Waals surface area contributed by atoms with Crippen LogP contribution in [-0.4, -0.2) is 19.0 Å². The van der Waals surface area contributed by atoms with Gasteiger partial charge in [0.2, 0.25) is 5.90 Å². The fourth-order valence-corrected chi connectivity index (χ4v) is 12.4. The van der Waals surface area contributed by atoms with E-state index in [1.807, 2.05) is 0 Å². The minimum absolute atomic E-state index is 0.0140. The van der Waals surface area contributed by atoms with E-state index in [1.165, 1.54) is 66.1 Å². The third-order valence-electron chi connectivity index (χ3n) is 13.2. The lowest BCUT2D eigenvalue weighted by molar-refractivity contribution is 0.227. The normalized spacial score (nSPS) is 19.2. The molecule has 3 nitrogen and oxygen atoms in total. The first-order valence-electron chi connectivity index (χ1n) is 22.1. The first-order chi connectivity index (χ1) is 27.7. The van der Waals surface area contributed by atoms with E-state index < -0.39 is 7.92 Å². The van der Waals surface area contributed by atoms with Crippen molar-refractivity contribution < 1.29 is 4.74 Å². The fourth-order valence-electron chi connectivity index (χ4n) is 9.67. The number of aryl methyl sites for hydroxylation is 2. The Hall–Kier alpha value is -4.20. The van der Waals surface area contributed by atoms with Gasteiger partial charge in [-0.15, -0.1) is 0 Å². The molecule has 0 unspecified atom stereocenters. The van der Waals surface area contributed by atoms with Gasteiger partial charge in [0.1, 0.15) is 6.10 Å². The molecular formula is C55H67N2OP. The molecule has 0 bridgehead atoms. The van der Waals surface area contributed by atoms with Crippen LogP contribution in [0.25, 0.3) is 0 Å².